The van der Waals surface area contributed by atoms with Crippen molar-refractivity contribution >= 4 is 5.97 Å². The SMILES string of the molecule is O=C(O)CCC1CCCN(C2CCOCC2)C1. The summed E-state index contributed by atoms with van der Waals surface area (Å²) in [6, 6.07) is 0.677. The molecule has 0 aromatic carbocycles. The molecular formula is C13H23NO3. The van der Waals surface area contributed by atoms with Crippen molar-refractivity contribution in [2.24, 2.45) is 5.92 Å². The summed E-state index contributed by atoms with van der Waals surface area (Å²) in [5.74, 6) is -0.0733. The van der Waals surface area contributed by atoms with Crippen molar-refractivity contribution in [3.63, 3.8) is 0 Å². The Bertz CT molecular complexity index is 251. The molecule has 0 spiro atoms. The standard InChI is InChI=1S/C13H23NO3/c15-13(16)4-3-11-2-1-7-14(10-11)12-5-8-17-9-6-12/h11-12H,1-10H2,(H,15,16). The van der Waals surface area contributed by atoms with E-state index in [1.165, 1.54) is 19.4 Å². The minimum absolute atomic E-state index is 0.326. The summed E-state index contributed by atoms with van der Waals surface area (Å²) in [7, 11) is 0. The molecule has 2 fully saturated rings. The molecular weight excluding hydrogens is 218 g/mol. The second-order valence-electron chi connectivity index (χ2n) is 5.28. The lowest BCUT2D eigenvalue weighted by Gasteiger charge is -2.39. The summed E-state index contributed by atoms with van der Waals surface area (Å²) in [5.41, 5.74) is 0. The van der Waals surface area contributed by atoms with E-state index in [2.05, 4.69) is 4.90 Å². The first kappa shape index (κ1) is 12.8. The first-order valence-electron chi connectivity index (χ1n) is 6.79. The molecule has 0 aromatic rings. The molecule has 0 aliphatic carbocycles. The highest BCUT2D eigenvalue weighted by atomic mass is 16.5. The van der Waals surface area contributed by atoms with Crippen molar-refractivity contribution in [2.75, 3.05) is 26.3 Å². The number of nitrogens with zero attached hydrogens (tertiary/aromatic N) is 1. The molecule has 0 radical (unpaired) electrons. The zero-order valence-corrected chi connectivity index (χ0v) is 10.4. The molecule has 4 nitrogen and oxygen atoms in total. The number of hydrogen-bond acceptors (Lipinski definition) is 3. The fourth-order valence-electron chi connectivity index (χ4n) is 3.04. The molecule has 17 heavy (non-hydrogen) atoms. The van der Waals surface area contributed by atoms with Crippen LogP contribution in [-0.4, -0.2) is 48.3 Å². The molecule has 0 aromatic heterocycles. The van der Waals surface area contributed by atoms with Crippen LogP contribution in [0.3, 0.4) is 0 Å². The van der Waals surface area contributed by atoms with Gasteiger partial charge in [0, 0.05) is 32.2 Å². The van der Waals surface area contributed by atoms with Crippen LogP contribution in [0.4, 0.5) is 0 Å². The van der Waals surface area contributed by atoms with Gasteiger partial charge in [0.15, 0.2) is 0 Å². The maximum Gasteiger partial charge on any atom is 0.303 e. The third-order valence-corrected chi connectivity index (χ3v) is 4.02. The lowest BCUT2D eigenvalue weighted by molar-refractivity contribution is -0.137. The van der Waals surface area contributed by atoms with Crippen LogP contribution < -0.4 is 0 Å². The second-order valence-corrected chi connectivity index (χ2v) is 5.28. The largest absolute Gasteiger partial charge is 0.481 e. The molecule has 98 valence electrons. The maximum atomic E-state index is 10.6. The van der Waals surface area contributed by atoms with Gasteiger partial charge >= 0.3 is 5.97 Å². The van der Waals surface area contributed by atoms with Gasteiger partial charge in [0.25, 0.3) is 0 Å². The number of ether oxygens (including phenoxy) is 1. The van der Waals surface area contributed by atoms with Gasteiger partial charge in [0.2, 0.25) is 0 Å². The average Bonchev–Trinajstić information content (AvgIpc) is 2.38. The highest BCUT2D eigenvalue weighted by Gasteiger charge is 2.27. The summed E-state index contributed by atoms with van der Waals surface area (Å²) in [6.45, 7) is 4.06. The Morgan fingerprint density at radius 1 is 1.29 bits per heavy atom. The Morgan fingerprint density at radius 2 is 2.06 bits per heavy atom. The molecule has 0 amide bonds. The molecule has 2 aliphatic rings. The van der Waals surface area contributed by atoms with Crippen LogP contribution in [0, 0.1) is 5.92 Å². The zero-order chi connectivity index (χ0) is 12.1. The van der Waals surface area contributed by atoms with E-state index in [1.54, 1.807) is 0 Å². The number of rotatable bonds is 4. The Kier molecular flexibility index (Phi) is 4.80. The Labute approximate surface area is 103 Å². The highest BCUT2D eigenvalue weighted by Crippen LogP contribution is 2.25. The lowest BCUT2D eigenvalue weighted by atomic mass is 9.91. The van der Waals surface area contributed by atoms with E-state index in [9.17, 15) is 4.79 Å². The minimum Gasteiger partial charge on any atom is -0.481 e. The van der Waals surface area contributed by atoms with E-state index >= 15 is 0 Å². The Morgan fingerprint density at radius 3 is 2.76 bits per heavy atom. The monoisotopic (exact) mass is 241 g/mol. The molecule has 1 atom stereocenters. The molecule has 2 aliphatic heterocycles. The lowest BCUT2D eigenvalue weighted by Crippen LogP contribution is -2.45. The van der Waals surface area contributed by atoms with Crippen molar-refractivity contribution < 1.29 is 14.6 Å². The van der Waals surface area contributed by atoms with Crippen LogP contribution in [0.2, 0.25) is 0 Å². The smallest absolute Gasteiger partial charge is 0.303 e. The molecule has 4 heteroatoms. The summed E-state index contributed by atoms with van der Waals surface area (Å²) in [4.78, 5) is 13.2. The van der Waals surface area contributed by atoms with Crippen molar-refractivity contribution in [1.29, 1.82) is 0 Å². The first-order chi connectivity index (χ1) is 8.25. The van der Waals surface area contributed by atoms with E-state index in [0.717, 1.165) is 39.0 Å². The van der Waals surface area contributed by atoms with E-state index in [1.807, 2.05) is 0 Å². The van der Waals surface area contributed by atoms with Gasteiger partial charge in [-0.15, -0.1) is 0 Å². The third-order valence-electron chi connectivity index (χ3n) is 4.02. The molecule has 2 rings (SSSR count). The van der Waals surface area contributed by atoms with Crippen LogP contribution in [-0.2, 0) is 9.53 Å². The summed E-state index contributed by atoms with van der Waals surface area (Å²) in [5, 5.41) is 8.73. The number of likely N-dealkylation sites (tertiary alicyclic amines) is 1. The van der Waals surface area contributed by atoms with Crippen LogP contribution in [0.15, 0.2) is 0 Å². The van der Waals surface area contributed by atoms with Gasteiger partial charge in [-0.25, -0.2) is 0 Å². The molecule has 0 bridgehead atoms. The summed E-state index contributed by atoms with van der Waals surface area (Å²) < 4.78 is 5.39. The topological polar surface area (TPSA) is 49.8 Å². The number of carboxylic acids is 1. The fourth-order valence-corrected chi connectivity index (χ4v) is 3.04. The van der Waals surface area contributed by atoms with Gasteiger partial charge in [-0.1, -0.05) is 0 Å². The minimum atomic E-state index is -0.659. The van der Waals surface area contributed by atoms with Crippen LogP contribution in [0.5, 0.6) is 0 Å². The molecule has 2 heterocycles. The van der Waals surface area contributed by atoms with E-state index in [4.69, 9.17) is 9.84 Å². The van der Waals surface area contributed by atoms with Crippen molar-refractivity contribution in [3.05, 3.63) is 0 Å². The highest BCUT2D eigenvalue weighted by molar-refractivity contribution is 5.66. The van der Waals surface area contributed by atoms with Gasteiger partial charge in [-0.05, 0) is 44.6 Å². The van der Waals surface area contributed by atoms with Crippen molar-refractivity contribution in [1.82, 2.24) is 4.90 Å². The van der Waals surface area contributed by atoms with Gasteiger partial charge in [0.1, 0.15) is 0 Å². The predicted molar refractivity (Wildman–Crippen MR) is 65.0 cm³/mol. The Balaban J connectivity index is 1.77. The van der Waals surface area contributed by atoms with Crippen molar-refractivity contribution in [3.8, 4) is 0 Å². The van der Waals surface area contributed by atoms with Crippen molar-refractivity contribution in [2.45, 2.75) is 44.6 Å². The molecule has 0 saturated carbocycles. The average molecular weight is 241 g/mol. The predicted octanol–water partition coefficient (Wildman–Crippen LogP) is 1.74. The number of carboxylic acid groups (broad SMARTS) is 1. The van der Waals surface area contributed by atoms with Gasteiger partial charge < -0.3 is 9.84 Å². The number of hydrogen-bond donors (Lipinski definition) is 1. The number of aliphatic carboxylic acids is 1. The van der Waals surface area contributed by atoms with Crippen LogP contribution in [0.25, 0.3) is 0 Å². The van der Waals surface area contributed by atoms with Gasteiger partial charge in [-0.3, -0.25) is 9.69 Å². The number of piperidine rings is 1. The normalized spacial score (nSPS) is 28.1. The molecule has 1 unspecified atom stereocenters. The van der Waals surface area contributed by atoms with E-state index in [-0.39, 0.29) is 0 Å². The number of carbonyl (C=O) groups is 1. The van der Waals surface area contributed by atoms with Crippen LogP contribution in [0.1, 0.15) is 38.5 Å². The molecule has 1 N–H and O–H groups in total. The zero-order valence-electron chi connectivity index (χ0n) is 10.4. The van der Waals surface area contributed by atoms with E-state index in [0.29, 0.717) is 18.4 Å². The molecule has 2 saturated heterocycles. The second kappa shape index (κ2) is 6.36. The van der Waals surface area contributed by atoms with Gasteiger partial charge in [0.05, 0.1) is 0 Å². The first-order valence-corrected chi connectivity index (χ1v) is 6.79. The summed E-state index contributed by atoms with van der Waals surface area (Å²) >= 11 is 0. The summed E-state index contributed by atoms with van der Waals surface area (Å²) in [6.07, 6.45) is 5.88. The quantitative estimate of drug-likeness (QED) is 0.814. The third kappa shape index (κ3) is 3.96. The van der Waals surface area contributed by atoms with Crippen LogP contribution >= 0.6 is 0 Å². The fraction of sp³-hybridized carbons (Fsp3) is 0.923. The maximum absolute atomic E-state index is 10.6. The van der Waals surface area contributed by atoms with E-state index < -0.39 is 5.97 Å². The Hall–Kier alpha value is -0.610. The van der Waals surface area contributed by atoms with Gasteiger partial charge in [-0.2, -0.15) is 0 Å².